The van der Waals surface area contributed by atoms with Gasteiger partial charge in [-0.2, -0.15) is 0 Å². The van der Waals surface area contributed by atoms with Gasteiger partial charge in [0.1, 0.15) is 23.1 Å². The Bertz CT molecular complexity index is 1420. The van der Waals surface area contributed by atoms with Gasteiger partial charge in [0.15, 0.2) is 5.65 Å². The van der Waals surface area contributed by atoms with Crippen molar-refractivity contribution in [2.75, 3.05) is 29.4 Å². The molecule has 0 amide bonds. The zero-order valence-corrected chi connectivity index (χ0v) is 20.5. The number of halogens is 2. The van der Waals surface area contributed by atoms with E-state index >= 15 is 0 Å². The fraction of sp³-hybridized carbons (Fsp3) is 0.333. The van der Waals surface area contributed by atoms with E-state index in [0.717, 1.165) is 79.6 Å². The number of benzene rings is 1. The average molecular weight is 505 g/mol. The zero-order valence-electron chi connectivity index (χ0n) is 19.7. The van der Waals surface area contributed by atoms with Crippen LogP contribution in [-0.4, -0.2) is 44.5 Å². The van der Waals surface area contributed by atoms with Gasteiger partial charge in [-0.05, 0) is 79.2 Å². The molecule has 5 heterocycles. The standard InChI is InChI=1S/C27H26ClFN6O/c28-27(36)18-11-14-33(15-12-18)25-8-2-6-21(31-25)23-17-30-24-9-10-26(32-35(23)24)34-13-3-7-22(34)19-4-1-5-20(29)16-19/h1-2,4-6,8-10,16-18,22H,3,7,11-15H2/t22-/m1/s1. The predicted molar refractivity (Wildman–Crippen MR) is 138 cm³/mol. The highest BCUT2D eigenvalue weighted by Gasteiger charge is 2.28. The van der Waals surface area contributed by atoms with Crippen molar-refractivity contribution < 1.29 is 9.18 Å². The molecule has 36 heavy (non-hydrogen) atoms. The van der Waals surface area contributed by atoms with Crippen LogP contribution in [0.1, 0.15) is 37.3 Å². The first-order valence-corrected chi connectivity index (χ1v) is 12.7. The van der Waals surface area contributed by atoms with Crippen LogP contribution in [0.5, 0.6) is 0 Å². The Labute approximate surface area is 213 Å². The molecule has 184 valence electrons. The van der Waals surface area contributed by atoms with Crippen LogP contribution in [0.3, 0.4) is 0 Å². The van der Waals surface area contributed by atoms with Gasteiger partial charge in [0.05, 0.1) is 17.9 Å². The summed E-state index contributed by atoms with van der Waals surface area (Å²) in [5, 5.41) is 4.70. The van der Waals surface area contributed by atoms with Crippen LogP contribution >= 0.6 is 11.6 Å². The Hall–Kier alpha value is -3.52. The SMILES string of the molecule is O=C(Cl)C1CCN(c2cccc(-c3cnc4ccc(N5CCC[C@@H]5c5cccc(F)c5)nn34)n2)CC1. The summed E-state index contributed by atoms with van der Waals surface area (Å²) in [5.41, 5.74) is 3.29. The second-order valence-electron chi connectivity index (χ2n) is 9.46. The van der Waals surface area contributed by atoms with Gasteiger partial charge in [-0.1, -0.05) is 18.2 Å². The molecule has 0 N–H and O–H groups in total. The summed E-state index contributed by atoms with van der Waals surface area (Å²) >= 11 is 5.70. The Balaban J connectivity index is 1.30. The summed E-state index contributed by atoms with van der Waals surface area (Å²) in [6.45, 7) is 2.34. The fourth-order valence-electron chi connectivity index (χ4n) is 5.37. The maximum absolute atomic E-state index is 13.9. The molecule has 1 aromatic carbocycles. The normalized spacial score (nSPS) is 18.8. The van der Waals surface area contributed by atoms with Gasteiger partial charge in [0.25, 0.3) is 0 Å². The molecule has 2 fully saturated rings. The molecule has 0 unspecified atom stereocenters. The largest absolute Gasteiger partial charge is 0.357 e. The third-order valence-corrected chi connectivity index (χ3v) is 7.57. The summed E-state index contributed by atoms with van der Waals surface area (Å²) in [5.74, 6) is 1.40. The molecule has 2 saturated heterocycles. The van der Waals surface area contributed by atoms with E-state index in [4.69, 9.17) is 21.7 Å². The third-order valence-electron chi connectivity index (χ3n) is 7.27. The predicted octanol–water partition coefficient (Wildman–Crippen LogP) is 5.25. The number of hydrogen-bond acceptors (Lipinski definition) is 6. The molecule has 6 rings (SSSR count). The lowest BCUT2D eigenvalue weighted by molar-refractivity contribution is -0.115. The Morgan fingerprint density at radius 2 is 1.81 bits per heavy atom. The number of fused-ring (bicyclic) bond motifs is 1. The quantitative estimate of drug-likeness (QED) is 0.346. The summed E-state index contributed by atoms with van der Waals surface area (Å²) < 4.78 is 15.7. The molecule has 0 radical (unpaired) electrons. The van der Waals surface area contributed by atoms with Gasteiger partial charge in [0.2, 0.25) is 5.24 Å². The van der Waals surface area contributed by atoms with E-state index in [1.165, 1.54) is 6.07 Å². The van der Waals surface area contributed by atoms with Gasteiger partial charge in [0, 0.05) is 25.6 Å². The monoisotopic (exact) mass is 504 g/mol. The number of anilines is 2. The maximum Gasteiger partial charge on any atom is 0.224 e. The van der Waals surface area contributed by atoms with Crippen molar-refractivity contribution in [2.24, 2.45) is 5.92 Å². The van der Waals surface area contributed by atoms with E-state index < -0.39 is 0 Å². The summed E-state index contributed by atoms with van der Waals surface area (Å²) in [6.07, 6.45) is 5.24. The van der Waals surface area contributed by atoms with Crippen LogP contribution < -0.4 is 9.80 Å². The topological polar surface area (TPSA) is 66.6 Å². The lowest BCUT2D eigenvalue weighted by Gasteiger charge is -2.31. The summed E-state index contributed by atoms with van der Waals surface area (Å²) in [4.78, 5) is 25.4. The minimum Gasteiger partial charge on any atom is -0.357 e. The number of pyridine rings is 1. The first-order valence-electron chi connectivity index (χ1n) is 12.4. The van der Waals surface area contributed by atoms with Gasteiger partial charge < -0.3 is 9.80 Å². The van der Waals surface area contributed by atoms with Crippen molar-refractivity contribution in [3.63, 3.8) is 0 Å². The Kier molecular flexibility index (Phi) is 6.05. The van der Waals surface area contributed by atoms with Crippen LogP contribution in [0, 0.1) is 11.7 Å². The molecule has 1 atom stereocenters. The van der Waals surface area contributed by atoms with E-state index in [1.54, 1.807) is 18.3 Å². The number of nitrogens with zero attached hydrogens (tertiary/aromatic N) is 6. The summed E-state index contributed by atoms with van der Waals surface area (Å²) in [6, 6.07) is 16.8. The van der Waals surface area contributed by atoms with Gasteiger partial charge >= 0.3 is 0 Å². The second kappa shape index (κ2) is 9.50. The van der Waals surface area contributed by atoms with Crippen LogP contribution in [0.15, 0.2) is 60.8 Å². The van der Waals surface area contributed by atoms with Crippen LogP contribution in [0.4, 0.5) is 16.0 Å². The number of aromatic nitrogens is 4. The molecule has 0 saturated carbocycles. The Morgan fingerprint density at radius 1 is 0.972 bits per heavy atom. The highest BCUT2D eigenvalue weighted by atomic mass is 35.5. The van der Waals surface area contributed by atoms with Crippen molar-refractivity contribution in [2.45, 2.75) is 31.7 Å². The van der Waals surface area contributed by atoms with Crippen molar-refractivity contribution in [1.29, 1.82) is 0 Å². The van der Waals surface area contributed by atoms with E-state index in [9.17, 15) is 9.18 Å². The van der Waals surface area contributed by atoms with E-state index in [0.29, 0.717) is 0 Å². The fourth-order valence-corrected chi connectivity index (χ4v) is 5.59. The molecule has 3 aromatic heterocycles. The van der Waals surface area contributed by atoms with E-state index in [-0.39, 0.29) is 23.0 Å². The Morgan fingerprint density at radius 3 is 2.61 bits per heavy atom. The number of imidazole rings is 1. The molecule has 2 aliphatic heterocycles. The summed E-state index contributed by atoms with van der Waals surface area (Å²) in [7, 11) is 0. The van der Waals surface area contributed by atoms with Crippen LogP contribution in [0.25, 0.3) is 17.0 Å². The second-order valence-corrected chi connectivity index (χ2v) is 9.83. The van der Waals surface area contributed by atoms with Crippen molar-refractivity contribution >= 4 is 34.1 Å². The number of rotatable bonds is 5. The van der Waals surface area contributed by atoms with E-state index in [1.807, 2.05) is 40.9 Å². The zero-order chi connectivity index (χ0) is 24.6. The van der Waals surface area contributed by atoms with Gasteiger partial charge in [-0.15, -0.1) is 5.10 Å². The minimum atomic E-state index is -0.249. The lowest BCUT2D eigenvalue weighted by atomic mass is 9.98. The van der Waals surface area contributed by atoms with Crippen molar-refractivity contribution in [3.8, 4) is 11.4 Å². The third kappa shape index (κ3) is 4.30. The van der Waals surface area contributed by atoms with Crippen LogP contribution in [-0.2, 0) is 4.79 Å². The first kappa shape index (κ1) is 22.9. The number of piperidine rings is 1. The number of hydrogen-bond donors (Lipinski definition) is 0. The van der Waals surface area contributed by atoms with Crippen molar-refractivity contribution in [3.05, 3.63) is 72.2 Å². The molecular formula is C27H26ClFN6O. The molecule has 7 nitrogen and oxygen atoms in total. The molecule has 0 spiro atoms. The average Bonchev–Trinajstić information content (AvgIpc) is 3.56. The smallest absolute Gasteiger partial charge is 0.224 e. The molecule has 9 heteroatoms. The number of carbonyl (C=O) groups is 1. The van der Waals surface area contributed by atoms with Gasteiger partial charge in [-0.3, -0.25) is 4.79 Å². The first-order chi connectivity index (χ1) is 17.6. The lowest BCUT2D eigenvalue weighted by Crippen LogP contribution is -2.35. The highest BCUT2D eigenvalue weighted by Crippen LogP contribution is 2.36. The molecule has 0 aliphatic carbocycles. The molecule has 2 aliphatic rings. The van der Waals surface area contributed by atoms with Crippen LogP contribution in [0.2, 0.25) is 0 Å². The van der Waals surface area contributed by atoms with E-state index in [2.05, 4.69) is 14.8 Å². The molecule has 4 aromatic rings. The highest BCUT2D eigenvalue weighted by molar-refractivity contribution is 6.64. The van der Waals surface area contributed by atoms with Gasteiger partial charge in [-0.25, -0.2) is 18.9 Å². The molecular weight excluding hydrogens is 479 g/mol. The molecule has 0 bridgehead atoms. The minimum absolute atomic E-state index is 0.0747. The van der Waals surface area contributed by atoms with Crippen molar-refractivity contribution in [1.82, 2.24) is 19.6 Å². The maximum atomic E-state index is 13.9. The number of carbonyl (C=O) groups excluding carboxylic acids is 1.